The van der Waals surface area contributed by atoms with Crippen molar-refractivity contribution in [3.05, 3.63) is 59.9 Å². The third-order valence-corrected chi connectivity index (χ3v) is 3.77. The van der Waals surface area contributed by atoms with Gasteiger partial charge in [-0.15, -0.1) is 0 Å². The van der Waals surface area contributed by atoms with Gasteiger partial charge in [0.25, 0.3) is 0 Å². The van der Waals surface area contributed by atoms with Gasteiger partial charge >= 0.3 is 0 Å². The van der Waals surface area contributed by atoms with Gasteiger partial charge in [-0.1, -0.05) is 5.16 Å². The highest BCUT2D eigenvalue weighted by Crippen LogP contribution is 2.23. The first-order valence-electron chi connectivity index (χ1n) is 7.94. The van der Waals surface area contributed by atoms with Crippen LogP contribution in [0.2, 0.25) is 0 Å². The fourth-order valence-corrected chi connectivity index (χ4v) is 2.72. The molecule has 0 aliphatic carbocycles. The summed E-state index contributed by atoms with van der Waals surface area (Å²) in [4.78, 5) is 17.6. The molecule has 0 bridgehead atoms. The smallest absolute Gasteiger partial charge is 0.154 e. The van der Waals surface area contributed by atoms with Crippen molar-refractivity contribution in [3.63, 3.8) is 0 Å². The van der Waals surface area contributed by atoms with E-state index in [0.29, 0.717) is 18.9 Å². The van der Waals surface area contributed by atoms with Crippen LogP contribution in [0.1, 0.15) is 23.1 Å². The third kappa shape index (κ3) is 3.18. The molecule has 4 aromatic rings. The van der Waals surface area contributed by atoms with E-state index in [2.05, 4.69) is 30.4 Å². The maximum Gasteiger partial charge on any atom is 0.154 e. The van der Waals surface area contributed by atoms with Crippen LogP contribution in [-0.4, -0.2) is 29.7 Å². The predicted molar refractivity (Wildman–Crippen MR) is 92.0 cm³/mol. The zero-order chi connectivity index (χ0) is 17.2. The van der Waals surface area contributed by atoms with Gasteiger partial charge in [-0.25, -0.2) is 19.9 Å². The van der Waals surface area contributed by atoms with Gasteiger partial charge < -0.3 is 14.4 Å². The second-order valence-electron chi connectivity index (χ2n) is 5.74. The van der Waals surface area contributed by atoms with E-state index in [1.54, 1.807) is 18.5 Å². The Morgan fingerprint density at radius 1 is 1.16 bits per heavy atom. The Bertz CT molecular complexity index is 1010. The van der Waals surface area contributed by atoms with Crippen molar-refractivity contribution in [1.29, 1.82) is 0 Å². The summed E-state index contributed by atoms with van der Waals surface area (Å²) in [5, 5.41) is 7.34. The van der Waals surface area contributed by atoms with E-state index in [9.17, 15) is 0 Å². The van der Waals surface area contributed by atoms with Crippen LogP contribution >= 0.6 is 0 Å². The molecule has 4 heterocycles. The second-order valence-corrected chi connectivity index (χ2v) is 5.74. The Hall–Kier alpha value is -3.29. The molecule has 0 amide bonds. The minimum atomic E-state index is 0.524. The molecule has 8 nitrogen and oxygen atoms in total. The molecule has 0 unspecified atom stereocenters. The van der Waals surface area contributed by atoms with Gasteiger partial charge in [-0.05, 0) is 26.0 Å². The average molecular weight is 335 g/mol. The predicted octanol–water partition coefficient (Wildman–Crippen LogP) is 2.49. The van der Waals surface area contributed by atoms with Crippen molar-refractivity contribution in [1.82, 2.24) is 29.7 Å². The van der Waals surface area contributed by atoms with E-state index in [1.807, 2.05) is 36.7 Å². The fraction of sp³-hybridized carbons (Fsp3) is 0.235. The van der Waals surface area contributed by atoms with Crippen LogP contribution in [0.25, 0.3) is 11.0 Å². The van der Waals surface area contributed by atoms with Crippen molar-refractivity contribution < 1.29 is 4.52 Å². The van der Waals surface area contributed by atoms with Gasteiger partial charge in [-0.2, -0.15) is 0 Å². The zero-order valence-electron chi connectivity index (χ0n) is 14.0. The summed E-state index contributed by atoms with van der Waals surface area (Å²) < 4.78 is 7.15. The lowest BCUT2D eigenvalue weighted by molar-refractivity contribution is 0.391. The van der Waals surface area contributed by atoms with Crippen LogP contribution in [0.5, 0.6) is 0 Å². The number of anilines is 1. The average Bonchev–Trinajstić information content (AvgIpc) is 3.20. The molecular weight excluding hydrogens is 318 g/mol. The maximum atomic E-state index is 5.11. The summed E-state index contributed by atoms with van der Waals surface area (Å²) in [6, 6.07) is 5.67. The SMILES string of the molecule is Cc1nc(NCc2cc(C)on2)c2c(ccn2Cc2ncccn2)n1. The molecule has 0 saturated carbocycles. The molecule has 126 valence electrons. The molecule has 0 spiro atoms. The molecule has 25 heavy (non-hydrogen) atoms. The number of nitrogens with one attached hydrogen (secondary N) is 1. The lowest BCUT2D eigenvalue weighted by atomic mass is 10.3. The Labute approximate surface area is 143 Å². The van der Waals surface area contributed by atoms with Gasteiger partial charge in [0.2, 0.25) is 0 Å². The molecule has 0 fully saturated rings. The van der Waals surface area contributed by atoms with Crippen LogP contribution in [0.4, 0.5) is 5.82 Å². The quantitative estimate of drug-likeness (QED) is 0.598. The van der Waals surface area contributed by atoms with E-state index >= 15 is 0 Å². The normalized spacial score (nSPS) is 11.1. The van der Waals surface area contributed by atoms with E-state index in [1.165, 1.54) is 0 Å². The Balaban J connectivity index is 1.68. The molecule has 0 aliphatic heterocycles. The highest BCUT2D eigenvalue weighted by Gasteiger charge is 2.12. The van der Waals surface area contributed by atoms with Crippen LogP contribution in [0, 0.1) is 13.8 Å². The van der Waals surface area contributed by atoms with Gasteiger partial charge in [-0.3, -0.25) is 0 Å². The molecule has 0 saturated heterocycles. The second kappa shape index (κ2) is 6.31. The van der Waals surface area contributed by atoms with Crippen LogP contribution in [-0.2, 0) is 13.1 Å². The highest BCUT2D eigenvalue weighted by atomic mass is 16.5. The topological polar surface area (TPSA) is 94.6 Å². The lowest BCUT2D eigenvalue weighted by Gasteiger charge is -2.10. The van der Waals surface area contributed by atoms with Crippen LogP contribution < -0.4 is 5.32 Å². The largest absolute Gasteiger partial charge is 0.362 e. The van der Waals surface area contributed by atoms with Crippen molar-refractivity contribution >= 4 is 16.9 Å². The van der Waals surface area contributed by atoms with E-state index in [0.717, 1.165) is 34.1 Å². The molecule has 0 aliphatic rings. The number of rotatable bonds is 5. The highest BCUT2D eigenvalue weighted by molar-refractivity contribution is 5.86. The van der Waals surface area contributed by atoms with Crippen molar-refractivity contribution in [3.8, 4) is 0 Å². The first kappa shape index (κ1) is 15.3. The van der Waals surface area contributed by atoms with Crippen molar-refractivity contribution in [2.45, 2.75) is 26.9 Å². The third-order valence-electron chi connectivity index (χ3n) is 3.77. The summed E-state index contributed by atoms with van der Waals surface area (Å²) >= 11 is 0. The summed E-state index contributed by atoms with van der Waals surface area (Å²) in [5.41, 5.74) is 2.62. The molecule has 4 aromatic heterocycles. The van der Waals surface area contributed by atoms with Gasteiger partial charge in [0, 0.05) is 24.7 Å². The minimum absolute atomic E-state index is 0.524. The molecule has 0 radical (unpaired) electrons. The van der Waals surface area contributed by atoms with Gasteiger partial charge in [0.05, 0.1) is 18.6 Å². The van der Waals surface area contributed by atoms with Crippen LogP contribution in [0.15, 0.2) is 41.3 Å². The molecule has 0 aromatic carbocycles. The summed E-state index contributed by atoms with van der Waals surface area (Å²) in [5.74, 6) is 2.98. The molecule has 4 rings (SSSR count). The maximum absolute atomic E-state index is 5.11. The van der Waals surface area contributed by atoms with E-state index in [-0.39, 0.29) is 0 Å². The van der Waals surface area contributed by atoms with E-state index < -0.39 is 0 Å². The van der Waals surface area contributed by atoms with Crippen molar-refractivity contribution in [2.24, 2.45) is 0 Å². The molecule has 8 heteroatoms. The summed E-state index contributed by atoms with van der Waals surface area (Å²) in [6.45, 7) is 4.82. The Morgan fingerprint density at radius 3 is 2.76 bits per heavy atom. The van der Waals surface area contributed by atoms with Gasteiger partial charge in [0.1, 0.15) is 28.6 Å². The van der Waals surface area contributed by atoms with Crippen LogP contribution in [0.3, 0.4) is 0 Å². The standard InChI is InChI=1S/C17H17N7O/c1-11-8-13(23-25-11)9-20-17-16-14(21-12(2)22-17)4-7-24(16)10-15-18-5-3-6-19-15/h3-8H,9-10H2,1-2H3,(H,20,21,22). The Morgan fingerprint density at radius 2 is 2.00 bits per heavy atom. The summed E-state index contributed by atoms with van der Waals surface area (Å²) in [6.07, 6.45) is 5.45. The van der Waals surface area contributed by atoms with Gasteiger partial charge in [0.15, 0.2) is 5.82 Å². The first-order chi connectivity index (χ1) is 12.2. The molecule has 0 atom stereocenters. The molecule has 1 N–H and O–H groups in total. The number of aryl methyl sites for hydroxylation is 2. The lowest BCUT2D eigenvalue weighted by Crippen LogP contribution is -2.08. The van der Waals surface area contributed by atoms with E-state index in [4.69, 9.17) is 4.52 Å². The number of hydrogen-bond acceptors (Lipinski definition) is 7. The zero-order valence-corrected chi connectivity index (χ0v) is 14.0. The number of hydrogen-bond donors (Lipinski definition) is 1. The Kier molecular flexibility index (Phi) is 3.85. The fourth-order valence-electron chi connectivity index (χ4n) is 2.72. The molecular formula is C17H17N7O. The first-order valence-corrected chi connectivity index (χ1v) is 7.94. The number of fused-ring (bicyclic) bond motifs is 1. The minimum Gasteiger partial charge on any atom is -0.362 e. The number of aromatic nitrogens is 6. The monoisotopic (exact) mass is 335 g/mol. The van der Waals surface area contributed by atoms with Crippen molar-refractivity contribution in [2.75, 3.05) is 5.32 Å². The number of nitrogens with zero attached hydrogens (tertiary/aromatic N) is 6. The summed E-state index contributed by atoms with van der Waals surface area (Å²) in [7, 11) is 0.